The van der Waals surface area contributed by atoms with Crippen molar-refractivity contribution in [3.8, 4) is 0 Å². The molecule has 0 aromatic carbocycles. The number of carbonyl (C=O) groups is 3. The van der Waals surface area contributed by atoms with Crippen LogP contribution in [0.2, 0.25) is 0 Å². The molecule has 0 rings (SSSR count). The zero-order valence-electron chi connectivity index (χ0n) is 65.0. The highest BCUT2D eigenvalue weighted by Gasteiger charge is 2.25. The van der Waals surface area contributed by atoms with Gasteiger partial charge in [-0.05, 0) is 148 Å². The molecule has 0 heterocycles. The molecule has 0 bridgehead atoms. The maximum absolute atomic E-state index is 13.0. The summed E-state index contributed by atoms with van der Waals surface area (Å²) in [4.78, 5) is 37.8. The number of ether oxygens (including phenoxy) is 4. The topological polar surface area (TPSA) is 108 Å². The molecule has 9 heteroatoms. The number of hydrogen-bond donors (Lipinski definition) is 1. The highest BCUT2D eigenvalue weighted by molar-refractivity contribution is 5.71. The SMILES string of the molecule is CC/C=C\C/C=C\C/C=C\C/C=C\C/C=C\C/C=C\C/C=C\C/C=C\C/C=C\CCCCCCCCCCCC(=O)OC(COC(=O)CCCCCCCCCCCCCCCC/C=C\C/C=C\C/C=C\C/C=C\C/C=C\C/C=C\C/C=C\C/C=C\CC)COC(OCC[N+](C)(C)C)C(=O)O. The molecule has 0 aromatic heterocycles. The van der Waals surface area contributed by atoms with E-state index in [4.69, 9.17) is 18.9 Å². The number of hydrogen-bond acceptors (Lipinski definition) is 7. The fourth-order valence-corrected chi connectivity index (χ4v) is 10.5. The monoisotopic (exact) mass is 1400 g/mol. The molecule has 0 radical (unpaired) electrons. The summed E-state index contributed by atoms with van der Waals surface area (Å²) in [6.45, 7) is 4.63. The van der Waals surface area contributed by atoms with Crippen LogP contribution >= 0.6 is 0 Å². The molecule has 101 heavy (non-hydrogen) atoms. The minimum absolute atomic E-state index is 0.177. The molecule has 0 aromatic rings. The van der Waals surface area contributed by atoms with Crippen molar-refractivity contribution in [3.05, 3.63) is 207 Å². The van der Waals surface area contributed by atoms with E-state index in [1.54, 1.807) is 0 Å². The first-order valence-electron chi connectivity index (χ1n) is 40.2. The van der Waals surface area contributed by atoms with E-state index in [1.165, 1.54) is 109 Å². The fourth-order valence-electron chi connectivity index (χ4n) is 10.5. The highest BCUT2D eigenvalue weighted by atomic mass is 16.7. The van der Waals surface area contributed by atoms with Gasteiger partial charge in [0.15, 0.2) is 6.10 Å². The van der Waals surface area contributed by atoms with Crippen LogP contribution in [0.4, 0.5) is 0 Å². The number of nitrogens with zero attached hydrogens (tertiary/aromatic N) is 1. The Kier molecular flexibility index (Phi) is 74.7. The molecular weight excluding hydrogens is 1250 g/mol. The lowest BCUT2D eigenvalue weighted by Gasteiger charge is -2.25. The second-order valence-electron chi connectivity index (χ2n) is 27.3. The van der Waals surface area contributed by atoms with Crippen molar-refractivity contribution in [3.63, 3.8) is 0 Å². The van der Waals surface area contributed by atoms with E-state index in [0.717, 1.165) is 154 Å². The van der Waals surface area contributed by atoms with Gasteiger partial charge in [0, 0.05) is 12.8 Å². The van der Waals surface area contributed by atoms with Crippen LogP contribution < -0.4 is 0 Å². The smallest absolute Gasteiger partial charge is 0.361 e. The van der Waals surface area contributed by atoms with Crippen LogP contribution in [-0.2, 0) is 33.3 Å². The van der Waals surface area contributed by atoms with Gasteiger partial charge in [-0.2, -0.15) is 0 Å². The van der Waals surface area contributed by atoms with E-state index in [0.29, 0.717) is 17.4 Å². The Morgan fingerprint density at radius 2 is 0.535 bits per heavy atom. The van der Waals surface area contributed by atoms with Crippen molar-refractivity contribution in [1.82, 2.24) is 0 Å². The number of unbranched alkanes of at least 4 members (excludes halogenated alkanes) is 23. The maximum Gasteiger partial charge on any atom is 0.361 e. The summed E-state index contributed by atoms with van der Waals surface area (Å²) < 4.78 is 23.0. The summed E-state index contributed by atoms with van der Waals surface area (Å²) in [5.41, 5.74) is 0. The van der Waals surface area contributed by atoms with Crippen LogP contribution in [-0.4, -0.2) is 87.4 Å². The number of carbonyl (C=O) groups excluding carboxylic acids is 2. The van der Waals surface area contributed by atoms with Gasteiger partial charge in [-0.1, -0.05) is 342 Å². The van der Waals surface area contributed by atoms with E-state index in [9.17, 15) is 19.5 Å². The number of likely N-dealkylation sites (N-methyl/N-ethyl adjacent to an activating group) is 1. The first-order chi connectivity index (χ1) is 49.6. The molecule has 9 nitrogen and oxygen atoms in total. The second-order valence-corrected chi connectivity index (χ2v) is 27.3. The van der Waals surface area contributed by atoms with Gasteiger partial charge in [0.1, 0.15) is 13.2 Å². The quantitative estimate of drug-likeness (QED) is 0.0211. The normalized spacial score (nSPS) is 13.8. The Balaban J connectivity index is 4.12. The lowest BCUT2D eigenvalue weighted by molar-refractivity contribution is -0.870. The van der Waals surface area contributed by atoms with Gasteiger partial charge in [0.2, 0.25) is 0 Å². The summed E-state index contributed by atoms with van der Waals surface area (Å²) in [7, 11) is 5.97. The van der Waals surface area contributed by atoms with Gasteiger partial charge in [-0.25, -0.2) is 4.79 Å². The molecular formula is C92H148NO8+. The predicted molar refractivity (Wildman–Crippen MR) is 437 cm³/mol. The summed E-state index contributed by atoms with van der Waals surface area (Å²) in [6.07, 6.45) is 121. The summed E-state index contributed by atoms with van der Waals surface area (Å²) >= 11 is 0. The number of carboxylic acids is 1. The van der Waals surface area contributed by atoms with E-state index in [2.05, 4.69) is 220 Å². The van der Waals surface area contributed by atoms with Crippen molar-refractivity contribution in [2.75, 3.05) is 47.5 Å². The minimum atomic E-state index is -1.53. The van der Waals surface area contributed by atoms with Gasteiger partial charge in [0.25, 0.3) is 6.29 Å². The minimum Gasteiger partial charge on any atom is -0.477 e. The molecule has 2 atom stereocenters. The Morgan fingerprint density at radius 3 is 0.792 bits per heavy atom. The van der Waals surface area contributed by atoms with Gasteiger partial charge in [-0.3, -0.25) is 9.59 Å². The van der Waals surface area contributed by atoms with E-state index in [1.807, 2.05) is 21.1 Å². The highest BCUT2D eigenvalue weighted by Crippen LogP contribution is 2.17. The first kappa shape index (κ1) is 94.9. The Hall–Kier alpha value is -6.13. The van der Waals surface area contributed by atoms with Crippen molar-refractivity contribution >= 4 is 17.9 Å². The molecule has 0 fully saturated rings. The van der Waals surface area contributed by atoms with E-state index >= 15 is 0 Å². The summed E-state index contributed by atoms with van der Waals surface area (Å²) in [5, 5.41) is 9.78. The van der Waals surface area contributed by atoms with Crippen molar-refractivity contribution in [2.45, 2.75) is 309 Å². The molecule has 0 saturated carbocycles. The van der Waals surface area contributed by atoms with Gasteiger partial charge < -0.3 is 28.5 Å². The molecule has 0 aliphatic carbocycles. The zero-order valence-corrected chi connectivity index (χ0v) is 65.0. The van der Waals surface area contributed by atoms with Crippen LogP contribution in [0.1, 0.15) is 296 Å². The average Bonchev–Trinajstić information content (AvgIpc) is 1.25. The van der Waals surface area contributed by atoms with Crippen molar-refractivity contribution in [2.24, 2.45) is 0 Å². The molecule has 0 spiro atoms. The molecule has 0 aliphatic heterocycles. The van der Waals surface area contributed by atoms with Crippen molar-refractivity contribution in [1.29, 1.82) is 0 Å². The number of rotatable bonds is 72. The fraction of sp³-hybridized carbons (Fsp3) is 0.598. The number of quaternary nitrogens is 1. The lowest BCUT2D eigenvalue weighted by Crippen LogP contribution is -2.40. The molecule has 568 valence electrons. The predicted octanol–water partition coefficient (Wildman–Crippen LogP) is 26.3. The van der Waals surface area contributed by atoms with Crippen LogP contribution in [0.5, 0.6) is 0 Å². The Morgan fingerprint density at radius 1 is 0.297 bits per heavy atom. The molecule has 1 N–H and O–H groups in total. The third kappa shape index (κ3) is 81.0. The first-order valence-corrected chi connectivity index (χ1v) is 40.2. The van der Waals surface area contributed by atoms with Gasteiger partial charge >= 0.3 is 17.9 Å². The third-order valence-electron chi connectivity index (χ3n) is 16.5. The molecule has 0 saturated heterocycles. The Labute approximate surface area is 620 Å². The van der Waals surface area contributed by atoms with Crippen LogP contribution in [0.25, 0.3) is 0 Å². The van der Waals surface area contributed by atoms with Crippen LogP contribution in [0, 0.1) is 0 Å². The van der Waals surface area contributed by atoms with E-state index < -0.39 is 24.3 Å². The molecule has 0 aliphatic rings. The molecule has 2 unspecified atom stereocenters. The largest absolute Gasteiger partial charge is 0.477 e. The van der Waals surface area contributed by atoms with Gasteiger partial charge in [0.05, 0.1) is 34.4 Å². The summed E-state index contributed by atoms with van der Waals surface area (Å²) in [5.74, 6) is -2.03. The average molecular weight is 1400 g/mol. The molecule has 0 amide bonds. The number of aliphatic carboxylic acids is 1. The van der Waals surface area contributed by atoms with Crippen molar-refractivity contribution < 1.29 is 42.9 Å². The second kappa shape index (κ2) is 79.6. The maximum atomic E-state index is 13.0. The number of esters is 2. The van der Waals surface area contributed by atoms with Gasteiger partial charge in [-0.15, -0.1) is 0 Å². The zero-order chi connectivity index (χ0) is 73.2. The Bertz CT molecular complexity index is 2420. The third-order valence-corrected chi connectivity index (χ3v) is 16.5. The lowest BCUT2D eigenvalue weighted by atomic mass is 10.0. The number of allylic oxidation sites excluding steroid dienone is 34. The van der Waals surface area contributed by atoms with E-state index in [-0.39, 0.29) is 38.6 Å². The number of carboxylic acid groups (broad SMARTS) is 1. The summed E-state index contributed by atoms with van der Waals surface area (Å²) in [6, 6.07) is 0. The van der Waals surface area contributed by atoms with Crippen LogP contribution in [0.15, 0.2) is 207 Å². The van der Waals surface area contributed by atoms with Crippen LogP contribution in [0.3, 0.4) is 0 Å². The standard InChI is InChI=1S/C92H147NO8/c1-6-8-10-12-14-16-18-20-22-24-26-28-30-32-34-36-38-40-42-44-45-47-48-50-52-54-56-58-60-62-64-66-68-70-72-74-76-78-80-82-89(94)99-86-88(87-100-92(91(96)97)98-85-84-93(3,4)5)101-90(95)83-81-79-77-75-73-71-69-67-65-63-61-59-57-55-53-51-49-46-43-41-39-37-35-33-31-29-27-25-23-21-19-17-15-13-11-9-7-2/h8-11,14-17,20-23,26-29,32-35,38-41,44-46,48-50,53,55,59,61,88,92H,6-7,12-13,18-19,24-25,30-31,36-37,42-43,47,51-52,54,56-58,60,62-87H2,1-5H3/p+1/b10-8-,11-9-,16-14-,17-15-,22-20-,23-21-,28-26-,29-27-,34-32-,35-33-,40-38-,41-39-,45-44-,49-46-,50-48-,55-53-,61-59-.